The van der Waals surface area contributed by atoms with Crippen LogP contribution in [0.4, 0.5) is 5.82 Å². The molecule has 1 aromatic rings. The van der Waals surface area contributed by atoms with Crippen LogP contribution < -0.4 is 17.2 Å². The lowest BCUT2D eigenvalue weighted by atomic mass is 9.82. The van der Waals surface area contributed by atoms with Crippen LogP contribution in [0.25, 0.3) is 0 Å². The van der Waals surface area contributed by atoms with Crippen molar-refractivity contribution in [2.75, 3.05) is 12.3 Å². The molecule has 0 aromatic carbocycles. The first kappa shape index (κ1) is 13.5. The Morgan fingerprint density at radius 1 is 1.74 bits per heavy atom. The minimum atomic E-state index is -1.03. The molecule has 2 heterocycles. The van der Waals surface area contributed by atoms with Crippen molar-refractivity contribution < 1.29 is 14.6 Å². The summed E-state index contributed by atoms with van der Waals surface area (Å²) >= 11 is 0. The molecule has 1 saturated heterocycles. The highest BCUT2D eigenvalue weighted by Crippen LogP contribution is 2.42. The Kier molecular flexibility index (Phi) is 3.29. The molecule has 1 aliphatic rings. The summed E-state index contributed by atoms with van der Waals surface area (Å²) in [5, 5.41) is 9.27. The van der Waals surface area contributed by atoms with Crippen LogP contribution in [0.3, 0.4) is 0 Å². The molecule has 0 bridgehead atoms. The number of aliphatic hydroxyl groups is 1. The summed E-state index contributed by atoms with van der Waals surface area (Å²) in [6.45, 7) is 1.25. The summed E-state index contributed by atoms with van der Waals surface area (Å²) in [6, 6.07) is 1.46. The van der Waals surface area contributed by atoms with E-state index in [0.29, 0.717) is 0 Å². The van der Waals surface area contributed by atoms with Gasteiger partial charge < -0.3 is 21.3 Å². The molecular weight excluding hydrogens is 252 g/mol. The summed E-state index contributed by atoms with van der Waals surface area (Å²) in [7, 11) is 0. The van der Waals surface area contributed by atoms with Gasteiger partial charge in [0.05, 0.1) is 18.1 Å². The number of hydrogen-bond acceptors (Lipinski definition) is 6. The molecule has 104 valence electrons. The molecule has 1 amide bonds. The molecule has 19 heavy (non-hydrogen) atoms. The number of nitrogens with two attached hydrogens (primary N) is 2. The van der Waals surface area contributed by atoms with E-state index in [4.69, 9.17) is 16.2 Å². The molecule has 0 aliphatic carbocycles. The smallest absolute Gasteiger partial charge is 0.351 e. The standard InChI is InChI=1S/C11H16N4O4/c1-11(9(13)17)4-8(19-6(11)5-16)15-3-2-7(12)14-10(15)18/h2-3,6,8,16H,4-5H2,1H3,(H2,13,17)(H2,12,14,18)/t6-,8-,11?/m1/s1. The quantitative estimate of drug-likeness (QED) is 0.617. The molecule has 3 atom stereocenters. The third kappa shape index (κ3) is 2.20. The van der Waals surface area contributed by atoms with Gasteiger partial charge in [0, 0.05) is 12.6 Å². The number of nitrogens with zero attached hydrogens (tertiary/aromatic N) is 2. The molecule has 5 N–H and O–H groups in total. The topological polar surface area (TPSA) is 133 Å². The van der Waals surface area contributed by atoms with Crippen LogP contribution in [-0.2, 0) is 9.53 Å². The maximum Gasteiger partial charge on any atom is 0.351 e. The minimum Gasteiger partial charge on any atom is -0.394 e. The molecule has 0 spiro atoms. The number of nitrogen functional groups attached to an aromatic ring is 1. The van der Waals surface area contributed by atoms with Gasteiger partial charge in [-0.15, -0.1) is 0 Å². The van der Waals surface area contributed by atoms with E-state index in [0.717, 1.165) is 0 Å². The third-order valence-corrected chi connectivity index (χ3v) is 3.52. The van der Waals surface area contributed by atoms with E-state index >= 15 is 0 Å². The van der Waals surface area contributed by atoms with Crippen LogP contribution in [0, 0.1) is 5.41 Å². The molecule has 1 unspecified atom stereocenters. The lowest BCUT2D eigenvalue weighted by Crippen LogP contribution is -2.42. The SMILES string of the molecule is CC1(C(N)=O)C[C@H](n2ccc(N)nc2=O)O[C@@H]1CO. The summed E-state index contributed by atoms with van der Waals surface area (Å²) in [6.07, 6.45) is 0.185. The summed E-state index contributed by atoms with van der Waals surface area (Å²) < 4.78 is 6.75. The Hall–Kier alpha value is -1.93. The van der Waals surface area contributed by atoms with Gasteiger partial charge in [-0.2, -0.15) is 4.98 Å². The van der Waals surface area contributed by atoms with Crippen molar-refractivity contribution in [2.45, 2.75) is 25.7 Å². The molecule has 0 saturated carbocycles. The molecule has 8 nitrogen and oxygen atoms in total. The Morgan fingerprint density at radius 3 is 2.89 bits per heavy atom. The number of primary amides is 1. The highest BCUT2D eigenvalue weighted by Gasteiger charge is 2.49. The molecule has 1 aliphatic heterocycles. The van der Waals surface area contributed by atoms with E-state index in [1.165, 1.54) is 16.8 Å². The highest BCUT2D eigenvalue weighted by molar-refractivity contribution is 5.81. The molecule has 1 fully saturated rings. The fourth-order valence-electron chi connectivity index (χ4n) is 2.19. The Bertz CT molecular complexity index is 558. The molecule has 8 heteroatoms. The largest absolute Gasteiger partial charge is 0.394 e. The zero-order valence-electron chi connectivity index (χ0n) is 10.4. The Morgan fingerprint density at radius 2 is 2.42 bits per heavy atom. The zero-order chi connectivity index (χ0) is 14.2. The molecule has 1 aromatic heterocycles. The predicted octanol–water partition coefficient (Wildman–Crippen LogP) is -1.40. The predicted molar refractivity (Wildman–Crippen MR) is 65.8 cm³/mol. The van der Waals surface area contributed by atoms with Crippen LogP contribution in [0.15, 0.2) is 17.1 Å². The lowest BCUT2D eigenvalue weighted by Gasteiger charge is -2.23. The van der Waals surface area contributed by atoms with Crippen LogP contribution in [-0.4, -0.2) is 33.3 Å². The highest BCUT2D eigenvalue weighted by atomic mass is 16.5. The van der Waals surface area contributed by atoms with Crippen LogP contribution in [0.2, 0.25) is 0 Å². The third-order valence-electron chi connectivity index (χ3n) is 3.52. The van der Waals surface area contributed by atoms with Gasteiger partial charge in [-0.25, -0.2) is 4.79 Å². The van der Waals surface area contributed by atoms with Crippen molar-refractivity contribution >= 4 is 11.7 Å². The summed E-state index contributed by atoms with van der Waals surface area (Å²) in [5.74, 6) is -0.471. The lowest BCUT2D eigenvalue weighted by molar-refractivity contribution is -0.131. The zero-order valence-corrected chi connectivity index (χ0v) is 10.4. The van der Waals surface area contributed by atoms with Gasteiger partial charge in [-0.3, -0.25) is 9.36 Å². The Balaban J connectivity index is 2.34. The number of aromatic nitrogens is 2. The second-order valence-corrected chi connectivity index (χ2v) is 4.79. The van der Waals surface area contributed by atoms with Crippen molar-refractivity contribution in [3.8, 4) is 0 Å². The summed E-state index contributed by atoms with van der Waals surface area (Å²) in [5.41, 5.74) is 9.15. The molecular formula is C11H16N4O4. The number of carbonyl (C=O) groups excluding carboxylic acids is 1. The number of anilines is 1. The maximum atomic E-state index is 11.7. The van der Waals surface area contributed by atoms with Crippen molar-refractivity contribution in [1.82, 2.24) is 9.55 Å². The fourth-order valence-corrected chi connectivity index (χ4v) is 2.19. The van der Waals surface area contributed by atoms with Crippen molar-refractivity contribution in [1.29, 1.82) is 0 Å². The number of hydrogen-bond donors (Lipinski definition) is 3. The average molecular weight is 268 g/mol. The molecule has 0 radical (unpaired) electrons. The maximum absolute atomic E-state index is 11.7. The van der Waals surface area contributed by atoms with E-state index in [2.05, 4.69) is 4.98 Å². The van der Waals surface area contributed by atoms with Gasteiger partial charge in [-0.1, -0.05) is 0 Å². The monoisotopic (exact) mass is 268 g/mol. The Labute approximate surface area is 109 Å². The van der Waals surface area contributed by atoms with E-state index in [-0.39, 0.29) is 18.8 Å². The van der Waals surface area contributed by atoms with Gasteiger partial charge in [0.25, 0.3) is 0 Å². The first-order valence-corrected chi connectivity index (χ1v) is 5.79. The van der Waals surface area contributed by atoms with Crippen LogP contribution in [0.1, 0.15) is 19.6 Å². The second kappa shape index (κ2) is 4.63. The number of amides is 1. The van der Waals surface area contributed by atoms with Crippen molar-refractivity contribution in [2.24, 2.45) is 11.1 Å². The van der Waals surface area contributed by atoms with Gasteiger partial charge in [0.2, 0.25) is 5.91 Å². The van der Waals surface area contributed by atoms with Crippen molar-refractivity contribution in [3.63, 3.8) is 0 Å². The van der Waals surface area contributed by atoms with E-state index in [1.54, 1.807) is 6.92 Å². The van der Waals surface area contributed by atoms with Crippen molar-refractivity contribution in [3.05, 3.63) is 22.7 Å². The normalized spacial score (nSPS) is 30.4. The van der Waals surface area contributed by atoms with Gasteiger partial charge >= 0.3 is 5.69 Å². The van der Waals surface area contributed by atoms with Crippen LogP contribution >= 0.6 is 0 Å². The average Bonchev–Trinajstić information content (AvgIpc) is 2.67. The van der Waals surface area contributed by atoms with Gasteiger partial charge in [-0.05, 0) is 13.0 Å². The second-order valence-electron chi connectivity index (χ2n) is 4.79. The van der Waals surface area contributed by atoms with E-state index < -0.39 is 29.3 Å². The number of ether oxygens (including phenoxy) is 1. The number of aliphatic hydroxyl groups excluding tert-OH is 1. The van der Waals surface area contributed by atoms with Crippen LogP contribution in [0.5, 0.6) is 0 Å². The minimum absolute atomic E-state index is 0.107. The van der Waals surface area contributed by atoms with E-state index in [9.17, 15) is 14.7 Å². The number of carbonyl (C=O) groups is 1. The van der Waals surface area contributed by atoms with Gasteiger partial charge in [0.1, 0.15) is 12.0 Å². The first-order chi connectivity index (χ1) is 8.88. The van der Waals surface area contributed by atoms with E-state index in [1.807, 2.05) is 0 Å². The summed E-state index contributed by atoms with van der Waals surface area (Å²) in [4.78, 5) is 26.8. The van der Waals surface area contributed by atoms with Gasteiger partial charge in [0.15, 0.2) is 0 Å². The fraction of sp³-hybridized carbons (Fsp3) is 0.545. The molecule has 2 rings (SSSR count). The first-order valence-electron chi connectivity index (χ1n) is 5.79. The number of rotatable bonds is 3.